The Balaban J connectivity index is 0.712. The second-order valence-electron chi connectivity index (χ2n) is 18.7. The number of hydrogen-bond acceptors (Lipinski definition) is 7. The molecule has 7 nitrogen and oxygen atoms in total. The molecule has 2 fully saturated rings. The van der Waals surface area contributed by atoms with Crippen LogP contribution >= 0.6 is 0 Å². The van der Waals surface area contributed by atoms with E-state index >= 15 is 0 Å². The first-order chi connectivity index (χ1) is 32.6. The van der Waals surface area contributed by atoms with Gasteiger partial charge in [0.15, 0.2) is 0 Å². The molecule has 1 aliphatic heterocycles. The number of carbonyl (C=O) groups excluding carboxylic acids is 1. The monoisotopic (exact) mass is 884 g/mol. The first-order valence-electron chi connectivity index (χ1n) is 25.4. The SMILES string of the molecule is C=CC(=O)OCCCCCCCCCCC1CCC(c2ccc(-c3ccc(CCCCCCc4ccc(N=Nc5ccc(N=Nc6ccc(N7CCCC7)cc6)cc5)cc4)cc3)cc2)CC1. The van der Waals surface area contributed by atoms with Gasteiger partial charge in [0.05, 0.1) is 29.4 Å². The molecule has 0 amide bonds. The fraction of sp³-hybridized carbons (Fsp3) is 0.441. The van der Waals surface area contributed by atoms with Crippen LogP contribution in [0.5, 0.6) is 0 Å². The Morgan fingerprint density at radius 3 is 1.45 bits per heavy atom. The fourth-order valence-electron chi connectivity index (χ4n) is 9.69. The summed E-state index contributed by atoms with van der Waals surface area (Å²) in [5.41, 5.74) is 11.5. The van der Waals surface area contributed by atoms with E-state index in [0.717, 1.165) is 73.4 Å². The second kappa shape index (κ2) is 27.1. The normalized spacial score (nSPS) is 16.3. The van der Waals surface area contributed by atoms with Crippen molar-refractivity contribution in [2.75, 3.05) is 24.6 Å². The van der Waals surface area contributed by atoms with Gasteiger partial charge < -0.3 is 9.64 Å². The van der Waals surface area contributed by atoms with Crippen LogP contribution in [0.1, 0.15) is 145 Å². The quantitative estimate of drug-likeness (QED) is 0.0240. The summed E-state index contributed by atoms with van der Waals surface area (Å²) in [6, 6.07) is 43.3. The molecule has 7 rings (SSSR count). The first-order valence-corrected chi connectivity index (χ1v) is 25.4. The molecule has 0 unspecified atom stereocenters. The fourth-order valence-corrected chi connectivity index (χ4v) is 9.69. The summed E-state index contributed by atoms with van der Waals surface area (Å²) in [6.07, 6.45) is 27.9. The standard InChI is InChI=1S/C59H73N5O2/c1-2-59(65)66-46-16-10-6-4-3-5-7-11-17-47-20-26-50(27-21-47)52-30-32-53(33-31-52)51-28-22-48(23-29-51)18-12-8-9-13-19-49-24-34-54(35-25-49)60-61-55-36-38-56(39-37-55)62-63-57-40-42-58(43-41-57)64-44-14-15-45-64/h2,22-25,28-43,47,50H,1,3-21,26-27,44-46H2. The topological polar surface area (TPSA) is 79.0 Å². The summed E-state index contributed by atoms with van der Waals surface area (Å²) in [6.45, 7) is 6.24. The van der Waals surface area contributed by atoms with Gasteiger partial charge in [-0.2, -0.15) is 20.5 Å². The maximum atomic E-state index is 11.1. The van der Waals surface area contributed by atoms with Crippen molar-refractivity contribution in [3.05, 3.63) is 151 Å². The van der Waals surface area contributed by atoms with Crippen LogP contribution in [0.3, 0.4) is 0 Å². The molecule has 7 heteroatoms. The minimum atomic E-state index is -0.309. The van der Waals surface area contributed by atoms with Crippen molar-refractivity contribution in [2.45, 2.75) is 141 Å². The van der Waals surface area contributed by atoms with Gasteiger partial charge >= 0.3 is 5.97 Å². The number of ether oxygens (including phenoxy) is 1. The Morgan fingerprint density at radius 1 is 0.515 bits per heavy atom. The van der Waals surface area contributed by atoms with Gasteiger partial charge in [-0.25, -0.2) is 4.79 Å². The van der Waals surface area contributed by atoms with Gasteiger partial charge in [0.25, 0.3) is 0 Å². The number of carbonyl (C=O) groups is 1. The number of aryl methyl sites for hydroxylation is 2. The zero-order valence-electron chi connectivity index (χ0n) is 39.5. The number of esters is 1. The number of rotatable bonds is 26. The number of azo groups is 2. The molecule has 66 heavy (non-hydrogen) atoms. The summed E-state index contributed by atoms with van der Waals surface area (Å²) in [7, 11) is 0. The van der Waals surface area contributed by atoms with E-state index < -0.39 is 0 Å². The molecule has 346 valence electrons. The number of nitrogens with zero attached hydrogens (tertiary/aromatic N) is 5. The average molecular weight is 884 g/mol. The molecule has 5 aromatic rings. The van der Waals surface area contributed by atoms with Gasteiger partial charge in [-0.3, -0.25) is 0 Å². The lowest BCUT2D eigenvalue weighted by molar-refractivity contribution is -0.137. The van der Waals surface area contributed by atoms with Crippen LogP contribution in [0.4, 0.5) is 28.4 Å². The number of unbranched alkanes of at least 4 members (excludes halogenated alkanes) is 10. The molecule has 0 spiro atoms. The number of anilines is 1. The minimum Gasteiger partial charge on any atom is -0.463 e. The van der Waals surface area contributed by atoms with Crippen molar-refractivity contribution in [3.8, 4) is 11.1 Å². The minimum absolute atomic E-state index is 0.309. The zero-order valence-corrected chi connectivity index (χ0v) is 39.5. The van der Waals surface area contributed by atoms with Crippen molar-refractivity contribution in [2.24, 2.45) is 26.4 Å². The zero-order chi connectivity index (χ0) is 45.4. The summed E-state index contributed by atoms with van der Waals surface area (Å²) in [5.74, 6) is 1.33. The van der Waals surface area contributed by atoms with E-state index in [4.69, 9.17) is 4.74 Å². The van der Waals surface area contributed by atoms with Crippen LogP contribution in [0.2, 0.25) is 0 Å². The van der Waals surface area contributed by atoms with E-state index in [2.05, 4.69) is 117 Å². The molecule has 0 atom stereocenters. The lowest BCUT2D eigenvalue weighted by Gasteiger charge is -2.29. The highest BCUT2D eigenvalue weighted by molar-refractivity contribution is 5.81. The molecule has 1 saturated heterocycles. The van der Waals surface area contributed by atoms with Gasteiger partial charge in [-0.1, -0.05) is 131 Å². The van der Waals surface area contributed by atoms with Crippen molar-refractivity contribution in [1.29, 1.82) is 0 Å². The van der Waals surface area contributed by atoms with Crippen LogP contribution in [-0.4, -0.2) is 25.7 Å². The van der Waals surface area contributed by atoms with E-state index in [1.54, 1.807) is 0 Å². The molecule has 5 aromatic carbocycles. The van der Waals surface area contributed by atoms with Crippen LogP contribution in [0.15, 0.2) is 154 Å². The van der Waals surface area contributed by atoms with Gasteiger partial charge in [-0.15, -0.1) is 0 Å². The molecular formula is C59H73N5O2. The van der Waals surface area contributed by atoms with Gasteiger partial charge in [0.1, 0.15) is 0 Å². The summed E-state index contributed by atoms with van der Waals surface area (Å²) in [5, 5.41) is 17.7. The predicted molar refractivity (Wildman–Crippen MR) is 274 cm³/mol. The Bertz CT molecular complexity index is 2220. The van der Waals surface area contributed by atoms with Crippen molar-refractivity contribution < 1.29 is 9.53 Å². The molecule has 0 N–H and O–H groups in total. The molecule has 1 heterocycles. The van der Waals surface area contributed by atoms with Crippen molar-refractivity contribution >= 4 is 34.4 Å². The van der Waals surface area contributed by atoms with Crippen LogP contribution in [-0.2, 0) is 22.4 Å². The van der Waals surface area contributed by atoms with Crippen LogP contribution in [0, 0.1) is 5.92 Å². The molecule has 0 aromatic heterocycles. The highest BCUT2D eigenvalue weighted by Gasteiger charge is 2.22. The van der Waals surface area contributed by atoms with Gasteiger partial charge in [0.2, 0.25) is 0 Å². The first kappa shape index (κ1) is 48.2. The Hall–Kier alpha value is -5.69. The van der Waals surface area contributed by atoms with Crippen LogP contribution in [0.25, 0.3) is 11.1 Å². The smallest absolute Gasteiger partial charge is 0.330 e. The Morgan fingerprint density at radius 2 is 0.939 bits per heavy atom. The van der Waals surface area contributed by atoms with Gasteiger partial charge in [0, 0.05) is 24.9 Å². The molecule has 1 saturated carbocycles. The maximum absolute atomic E-state index is 11.1. The largest absolute Gasteiger partial charge is 0.463 e. The van der Waals surface area contributed by atoms with Crippen molar-refractivity contribution in [3.63, 3.8) is 0 Å². The molecular weight excluding hydrogens is 811 g/mol. The van der Waals surface area contributed by atoms with Crippen molar-refractivity contribution in [1.82, 2.24) is 0 Å². The second-order valence-corrected chi connectivity index (χ2v) is 18.7. The van der Waals surface area contributed by atoms with E-state index in [1.165, 1.54) is 149 Å². The average Bonchev–Trinajstić information content (AvgIpc) is 3.92. The summed E-state index contributed by atoms with van der Waals surface area (Å²) < 4.78 is 5.05. The summed E-state index contributed by atoms with van der Waals surface area (Å²) >= 11 is 0. The van der Waals surface area contributed by atoms with Crippen LogP contribution < -0.4 is 4.90 Å². The van der Waals surface area contributed by atoms with E-state index in [1.807, 2.05) is 36.4 Å². The Kier molecular flexibility index (Phi) is 19.8. The molecule has 1 aliphatic carbocycles. The molecule has 2 aliphatic rings. The maximum Gasteiger partial charge on any atom is 0.330 e. The summed E-state index contributed by atoms with van der Waals surface area (Å²) in [4.78, 5) is 13.5. The third-order valence-corrected chi connectivity index (χ3v) is 13.8. The lowest BCUT2D eigenvalue weighted by atomic mass is 9.77. The van der Waals surface area contributed by atoms with E-state index in [0.29, 0.717) is 6.61 Å². The predicted octanol–water partition coefficient (Wildman–Crippen LogP) is 17.6. The van der Waals surface area contributed by atoms with Gasteiger partial charge in [-0.05, 0) is 171 Å². The third kappa shape index (κ3) is 16.3. The highest BCUT2D eigenvalue weighted by atomic mass is 16.5. The third-order valence-electron chi connectivity index (χ3n) is 13.8. The number of hydrogen-bond donors (Lipinski definition) is 0. The highest BCUT2D eigenvalue weighted by Crippen LogP contribution is 2.38. The molecule has 0 radical (unpaired) electrons. The van der Waals surface area contributed by atoms with E-state index in [-0.39, 0.29) is 5.97 Å². The van der Waals surface area contributed by atoms with E-state index in [9.17, 15) is 4.79 Å². The Labute approximate surface area is 395 Å². The number of benzene rings is 5. The lowest BCUT2D eigenvalue weighted by Crippen LogP contribution is -2.17. The molecule has 0 bridgehead atoms.